The second-order valence-corrected chi connectivity index (χ2v) is 6.11. The summed E-state index contributed by atoms with van der Waals surface area (Å²) in [5.41, 5.74) is 1.25. The van der Waals surface area contributed by atoms with Gasteiger partial charge in [-0.1, -0.05) is 6.42 Å². The zero-order valence-electron chi connectivity index (χ0n) is 11.9. The average molecular weight is 263 g/mol. The van der Waals surface area contributed by atoms with Crippen LogP contribution < -0.4 is 0 Å². The van der Waals surface area contributed by atoms with Gasteiger partial charge in [0, 0.05) is 36.8 Å². The molecule has 0 saturated carbocycles. The van der Waals surface area contributed by atoms with Gasteiger partial charge in [0.05, 0.1) is 6.61 Å². The number of aromatic nitrogens is 2. The molecule has 1 saturated heterocycles. The van der Waals surface area contributed by atoms with E-state index in [0.717, 1.165) is 19.4 Å². The summed E-state index contributed by atoms with van der Waals surface area (Å²) in [6, 6.07) is 0.648. The molecule has 0 spiro atoms. The topological polar surface area (TPSA) is 41.3 Å². The van der Waals surface area contributed by atoms with Crippen LogP contribution in [0, 0.1) is 0 Å². The van der Waals surface area contributed by atoms with Crippen LogP contribution in [0.4, 0.5) is 0 Å². The van der Waals surface area contributed by atoms with Crippen molar-refractivity contribution in [3.8, 4) is 0 Å². The lowest BCUT2D eigenvalue weighted by Crippen LogP contribution is -2.38. The zero-order valence-corrected chi connectivity index (χ0v) is 11.9. The Hall–Kier alpha value is -0.870. The molecule has 2 aliphatic rings. The standard InChI is InChI=1S/C15H25N3O/c1-17-7-3-2-6-13(17)9-15-16-10-14-12(11-19)5-4-8-18(14)15/h10,12-13,19H,2-9,11H2,1H3. The summed E-state index contributed by atoms with van der Waals surface area (Å²) >= 11 is 0. The van der Waals surface area contributed by atoms with Crippen LogP contribution in [0.1, 0.15) is 49.5 Å². The number of piperidine rings is 1. The summed E-state index contributed by atoms with van der Waals surface area (Å²) in [5, 5.41) is 9.46. The molecule has 106 valence electrons. The van der Waals surface area contributed by atoms with Crippen molar-refractivity contribution in [2.75, 3.05) is 20.2 Å². The van der Waals surface area contributed by atoms with Crippen molar-refractivity contribution in [1.29, 1.82) is 0 Å². The summed E-state index contributed by atoms with van der Waals surface area (Å²) < 4.78 is 2.37. The highest BCUT2D eigenvalue weighted by Crippen LogP contribution is 2.29. The maximum Gasteiger partial charge on any atom is 0.110 e. The molecule has 1 fully saturated rings. The summed E-state index contributed by atoms with van der Waals surface area (Å²) in [7, 11) is 2.24. The van der Waals surface area contributed by atoms with Gasteiger partial charge < -0.3 is 14.6 Å². The molecular formula is C15H25N3O. The van der Waals surface area contributed by atoms with Gasteiger partial charge in [-0.25, -0.2) is 4.98 Å². The minimum Gasteiger partial charge on any atom is -0.396 e. The molecule has 0 bridgehead atoms. The predicted molar refractivity (Wildman–Crippen MR) is 75.3 cm³/mol. The molecule has 1 aromatic rings. The van der Waals surface area contributed by atoms with E-state index in [0.29, 0.717) is 12.0 Å². The SMILES string of the molecule is CN1CCCCC1Cc1ncc2n1CCCC2CO. The van der Waals surface area contributed by atoms with Crippen molar-refractivity contribution in [2.24, 2.45) is 0 Å². The van der Waals surface area contributed by atoms with Crippen molar-refractivity contribution in [1.82, 2.24) is 14.5 Å². The molecule has 0 aliphatic carbocycles. The highest BCUT2D eigenvalue weighted by molar-refractivity contribution is 5.14. The lowest BCUT2D eigenvalue weighted by molar-refractivity contribution is 0.180. The van der Waals surface area contributed by atoms with Gasteiger partial charge >= 0.3 is 0 Å². The van der Waals surface area contributed by atoms with Gasteiger partial charge in [0.15, 0.2) is 0 Å². The number of likely N-dealkylation sites (tertiary alicyclic amines) is 1. The summed E-state index contributed by atoms with van der Waals surface area (Å²) in [4.78, 5) is 7.13. The molecular weight excluding hydrogens is 238 g/mol. The Kier molecular flexibility index (Phi) is 3.89. The Labute approximate surface area is 115 Å². The van der Waals surface area contributed by atoms with Crippen LogP contribution in [0.25, 0.3) is 0 Å². The molecule has 1 aromatic heterocycles. The van der Waals surface area contributed by atoms with E-state index >= 15 is 0 Å². The van der Waals surface area contributed by atoms with Crippen molar-refractivity contribution in [3.63, 3.8) is 0 Å². The molecule has 2 unspecified atom stereocenters. The number of hydrogen-bond donors (Lipinski definition) is 1. The fourth-order valence-corrected chi connectivity index (χ4v) is 3.62. The number of aliphatic hydroxyl groups excluding tert-OH is 1. The second kappa shape index (κ2) is 5.63. The first-order valence-electron chi connectivity index (χ1n) is 7.65. The number of likely N-dealkylation sites (N-methyl/N-ethyl adjacent to an activating group) is 1. The quantitative estimate of drug-likeness (QED) is 0.904. The van der Waals surface area contributed by atoms with E-state index in [1.807, 2.05) is 6.20 Å². The Morgan fingerprint density at radius 1 is 1.26 bits per heavy atom. The Bertz CT molecular complexity index is 429. The third kappa shape index (κ3) is 2.56. The molecule has 4 heteroatoms. The van der Waals surface area contributed by atoms with Crippen molar-refractivity contribution < 1.29 is 5.11 Å². The normalized spacial score (nSPS) is 28.3. The molecule has 0 aromatic carbocycles. The Morgan fingerprint density at radius 3 is 2.95 bits per heavy atom. The molecule has 2 aliphatic heterocycles. The van der Waals surface area contributed by atoms with Crippen molar-refractivity contribution in [3.05, 3.63) is 17.7 Å². The van der Waals surface area contributed by atoms with E-state index in [4.69, 9.17) is 0 Å². The van der Waals surface area contributed by atoms with Gasteiger partial charge in [0.25, 0.3) is 0 Å². The van der Waals surface area contributed by atoms with Gasteiger partial charge in [-0.2, -0.15) is 0 Å². The molecule has 3 rings (SSSR count). The Balaban J connectivity index is 1.76. The molecule has 0 amide bonds. The second-order valence-electron chi connectivity index (χ2n) is 6.11. The molecule has 2 atom stereocenters. The Morgan fingerprint density at radius 2 is 2.16 bits per heavy atom. The van der Waals surface area contributed by atoms with Crippen LogP contribution in [0.15, 0.2) is 6.20 Å². The maximum absolute atomic E-state index is 9.46. The predicted octanol–water partition coefficient (Wildman–Crippen LogP) is 1.78. The van der Waals surface area contributed by atoms with Crippen LogP contribution in [0.5, 0.6) is 0 Å². The zero-order chi connectivity index (χ0) is 13.2. The minimum atomic E-state index is 0.258. The van der Waals surface area contributed by atoms with E-state index in [1.54, 1.807) is 0 Å². The highest BCUT2D eigenvalue weighted by atomic mass is 16.3. The van der Waals surface area contributed by atoms with E-state index in [2.05, 4.69) is 21.5 Å². The molecule has 19 heavy (non-hydrogen) atoms. The molecule has 0 radical (unpaired) electrons. The van der Waals surface area contributed by atoms with Gasteiger partial charge in [-0.05, 0) is 39.3 Å². The van der Waals surface area contributed by atoms with Crippen molar-refractivity contribution in [2.45, 2.75) is 57.0 Å². The number of hydrogen-bond acceptors (Lipinski definition) is 3. The van der Waals surface area contributed by atoms with Crippen LogP contribution in [0.2, 0.25) is 0 Å². The van der Waals surface area contributed by atoms with Crippen molar-refractivity contribution >= 4 is 0 Å². The summed E-state index contributed by atoms with van der Waals surface area (Å²) in [6.07, 6.45) is 9.31. The number of imidazole rings is 1. The first-order chi connectivity index (χ1) is 9.29. The number of aliphatic hydroxyl groups is 1. The highest BCUT2D eigenvalue weighted by Gasteiger charge is 2.26. The number of fused-ring (bicyclic) bond motifs is 1. The molecule has 3 heterocycles. The number of nitrogens with zero attached hydrogens (tertiary/aromatic N) is 3. The minimum absolute atomic E-state index is 0.258. The third-order valence-electron chi connectivity index (χ3n) is 4.88. The lowest BCUT2D eigenvalue weighted by Gasteiger charge is -2.33. The van der Waals surface area contributed by atoms with Gasteiger partial charge in [-0.15, -0.1) is 0 Å². The molecule has 4 nitrogen and oxygen atoms in total. The van der Waals surface area contributed by atoms with E-state index in [1.165, 1.54) is 43.7 Å². The summed E-state index contributed by atoms with van der Waals surface area (Å²) in [6.45, 7) is 2.56. The van der Waals surface area contributed by atoms with Crippen LogP contribution in [0.3, 0.4) is 0 Å². The third-order valence-corrected chi connectivity index (χ3v) is 4.88. The van der Waals surface area contributed by atoms with Gasteiger partial charge in [-0.3, -0.25) is 0 Å². The lowest BCUT2D eigenvalue weighted by atomic mass is 9.96. The van der Waals surface area contributed by atoms with Crippen LogP contribution in [-0.4, -0.2) is 45.8 Å². The van der Waals surface area contributed by atoms with E-state index < -0.39 is 0 Å². The number of rotatable bonds is 3. The van der Waals surface area contributed by atoms with Gasteiger partial charge in [0.1, 0.15) is 5.82 Å². The average Bonchev–Trinajstić information content (AvgIpc) is 2.84. The maximum atomic E-state index is 9.46. The smallest absolute Gasteiger partial charge is 0.110 e. The van der Waals surface area contributed by atoms with Crippen LogP contribution >= 0.6 is 0 Å². The first kappa shape index (κ1) is 13.1. The fraction of sp³-hybridized carbons (Fsp3) is 0.800. The monoisotopic (exact) mass is 263 g/mol. The van der Waals surface area contributed by atoms with E-state index in [-0.39, 0.29) is 6.61 Å². The largest absolute Gasteiger partial charge is 0.396 e. The first-order valence-corrected chi connectivity index (χ1v) is 7.65. The fourth-order valence-electron chi connectivity index (χ4n) is 3.62. The van der Waals surface area contributed by atoms with E-state index in [9.17, 15) is 5.11 Å². The van der Waals surface area contributed by atoms with Crippen LogP contribution in [-0.2, 0) is 13.0 Å². The summed E-state index contributed by atoms with van der Waals surface area (Å²) in [5.74, 6) is 1.53. The molecule has 1 N–H and O–H groups in total. The van der Waals surface area contributed by atoms with Gasteiger partial charge in [0.2, 0.25) is 0 Å².